The molecular weight excluding hydrogens is 332 g/mol. The zero-order valence-electron chi connectivity index (χ0n) is 16.6. The number of unbranched alkanes of at least 4 members (excludes halogenated alkanes) is 5. The zero-order chi connectivity index (χ0) is 18.9. The van der Waals surface area contributed by atoms with Crippen LogP contribution in [0.25, 0.3) is 0 Å². The molecule has 0 aromatic rings. The van der Waals surface area contributed by atoms with E-state index in [1.807, 2.05) is 0 Å². The number of hydrogen-bond donors (Lipinski definition) is 2. The summed E-state index contributed by atoms with van der Waals surface area (Å²) < 4.78 is 10.5. The standard InChI is InChI=1S/C21H38O5/c1-3-4-7-11-18(23)21-20(26-21)16-13-14-17(22)15(16)10-8-5-6-9-12-19(24)25-2/h15-18,20-23H,3-14H2,1-2H3. The average molecular weight is 371 g/mol. The number of hydrogen-bond acceptors (Lipinski definition) is 5. The van der Waals surface area contributed by atoms with Gasteiger partial charge in [-0.15, -0.1) is 0 Å². The molecule has 1 saturated heterocycles. The highest BCUT2D eigenvalue weighted by atomic mass is 16.6. The Bertz CT molecular complexity index is 413. The van der Waals surface area contributed by atoms with Crippen molar-refractivity contribution in [2.24, 2.45) is 11.8 Å². The number of ether oxygens (including phenoxy) is 2. The van der Waals surface area contributed by atoms with Gasteiger partial charge >= 0.3 is 5.97 Å². The highest BCUT2D eigenvalue weighted by molar-refractivity contribution is 5.68. The summed E-state index contributed by atoms with van der Waals surface area (Å²) in [6.07, 6.45) is 11.2. The van der Waals surface area contributed by atoms with Gasteiger partial charge in [-0.3, -0.25) is 4.79 Å². The first-order chi connectivity index (χ1) is 12.6. The first kappa shape index (κ1) is 21.6. The van der Waals surface area contributed by atoms with E-state index in [9.17, 15) is 15.0 Å². The molecule has 2 fully saturated rings. The van der Waals surface area contributed by atoms with Gasteiger partial charge in [-0.25, -0.2) is 0 Å². The lowest BCUT2D eigenvalue weighted by Crippen LogP contribution is -2.26. The topological polar surface area (TPSA) is 79.3 Å². The molecule has 5 nitrogen and oxygen atoms in total. The van der Waals surface area contributed by atoms with Crippen LogP contribution in [0.4, 0.5) is 0 Å². The van der Waals surface area contributed by atoms with E-state index >= 15 is 0 Å². The average Bonchev–Trinajstić information content (AvgIpc) is 3.35. The molecule has 1 aliphatic heterocycles. The smallest absolute Gasteiger partial charge is 0.305 e. The largest absolute Gasteiger partial charge is 0.469 e. The third-order valence-electron chi connectivity index (χ3n) is 6.20. The van der Waals surface area contributed by atoms with Crippen LogP contribution in [0.2, 0.25) is 0 Å². The Morgan fingerprint density at radius 1 is 1.15 bits per heavy atom. The van der Waals surface area contributed by atoms with E-state index in [1.54, 1.807) is 0 Å². The Hall–Kier alpha value is -0.650. The molecule has 0 spiro atoms. The number of esters is 1. The van der Waals surface area contributed by atoms with Gasteiger partial charge in [0, 0.05) is 6.42 Å². The SMILES string of the molecule is CCCCCC(O)C1OC1C1CCC(O)C1CCCCCCC(=O)OC. The maximum absolute atomic E-state index is 11.1. The summed E-state index contributed by atoms with van der Waals surface area (Å²) in [5.74, 6) is 0.560. The van der Waals surface area contributed by atoms with Crippen molar-refractivity contribution in [3.8, 4) is 0 Å². The van der Waals surface area contributed by atoms with Gasteiger partial charge in [0.05, 0.1) is 25.4 Å². The van der Waals surface area contributed by atoms with Crippen molar-refractivity contribution in [3.63, 3.8) is 0 Å². The number of methoxy groups -OCH3 is 1. The van der Waals surface area contributed by atoms with Crippen molar-refractivity contribution < 1.29 is 24.5 Å². The quantitative estimate of drug-likeness (QED) is 0.294. The maximum Gasteiger partial charge on any atom is 0.305 e. The molecule has 1 saturated carbocycles. The lowest BCUT2D eigenvalue weighted by molar-refractivity contribution is -0.140. The fraction of sp³-hybridized carbons (Fsp3) is 0.952. The lowest BCUT2D eigenvalue weighted by atomic mass is 9.85. The van der Waals surface area contributed by atoms with Crippen molar-refractivity contribution in [2.75, 3.05) is 7.11 Å². The highest BCUT2D eigenvalue weighted by Gasteiger charge is 2.53. The molecule has 1 aliphatic carbocycles. The van der Waals surface area contributed by atoms with Gasteiger partial charge in [0.1, 0.15) is 6.10 Å². The van der Waals surface area contributed by atoms with E-state index in [-0.39, 0.29) is 30.4 Å². The lowest BCUT2D eigenvalue weighted by Gasteiger charge is -2.21. The van der Waals surface area contributed by atoms with Gasteiger partial charge in [-0.1, -0.05) is 45.4 Å². The third-order valence-corrected chi connectivity index (χ3v) is 6.20. The second kappa shape index (κ2) is 11.3. The number of carbonyl (C=O) groups is 1. The van der Waals surface area contributed by atoms with Crippen molar-refractivity contribution >= 4 is 5.97 Å². The predicted molar refractivity (Wildman–Crippen MR) is 101 cm³/mol. The zero-order valence-corrected chi connectivity index (χ0v) is 16.6. The minimum Gasteiger partial charge on any atom is -0.469 e. The van der Waals surface area contributed by atoms with Crippen molar-refractivity contribution in [3.05, 3.63) is 0 Å². The van der Waals surface area contributed by atoms with E-state index in [0.717, 1.165) is 70.6 Å². The van der Waals surface area contributed by atoms with Crippen molar-refractivity contribution in [1.29, 1.82) is 0 Å². The van der Waals surface area contributed by atoms with E-state index in [1.165, 1.54) is 7.11 Å². The van der Waals surface area contributed by atoms with Crippen LogP contribution in [-0.4, -0.2) is 47.7 Å². The van der Waals surface area contributed by atoms with Crippen LogP contribution in [0.3, 0.4) is 0 Å². The molecule has 2 aliphatic rings. The van der Waals surface area contributed by atoms with Gasteiger partial charge < -0.3 is 19.7 Å². The van der Waals surface area contributed by atoms with Gasteiger partial charge in [0.2, 0.25) is 0 Å². The number of aliphatic hydroxyl groups is 2. The molecule has 152 valence electrons. The molecule has 2 N–H and O–H groups in total. The highest BCUT2D eigenvalue weighted by Crippen LogP contribution is 2.46. The van der Waals surface area contributed by atoms with Gasteiger partial charge in [-0.2, -0.15) is 0 Å². The molecule has 0 amide bonds. The Balaban J connectivity index is 1.65. The second-order valence-corrected chi connectivity index (χ2v) is 8.13. The monoisotopic (exact) mass is 370 g/mol. The van der Waals surface area contributed by atoms with Gasteiger partial charge in [-0.05, 0) is 43.9 Å². The Labute approximate surface area is 158 Å². The molecule has 0 aromatic heterocycles. The molecule has 6 atom stereocenters. The van der Waals surface area contributed by atoms with Gasteiger partial charge in [0.25, 0.3) is 0 Å². The summed E-state index contributed by atoms with van der Waals surface area (Å²) in [6.45, 7) is 2.17. The normalized spacial score (nSPS) is 31.8. The third kappa shape index (κ3) is 6.50. The van der Waals surface area contributed by atoms with E-state index in [2.05, 4.69) is 11.7 Å². The van der Waals surface area contributed by atoms with Crippen LogP contribution in [0.15, 0.2) is 0 Å². The summed E-state index contributed by atoms with van der Waals surface area (Å²) in [5.41, 5.74) is 0. The Morgan fingerprint density at radius 3 is 2.65 bits per heavy atom. The molecule has 2 rings (SSSR count). The van der Waals surface area contributed by atoms with Crippen LogP contribution in [0.5, 0.6) is 0 Å². The first-order valence-electron chi connectivity index (χ1n) is 10.7. The molecule has 0 radical (unpaired) electrons. The molecule has 5 heteroatoms. The van der Waals surface area contributed by atoms with E-state index in [0.29, 0.717) is 18.3 Å². The number of aliphatic hydroxyl groups excluding tert-OH is 2. The maximum atomic E-state index is 11.1. The fourth-order valence-corrected chi connectivity index (χ4v) is 4.55. The molecule has 1 heterocycles. The summed E-state index contributed by atoms with van der Waals surface area (Å²) >= 11 is 0. The van der Waals surface area contributed by atoms with Crippen LogP contribution >= 0.6 is 0 Å². The second-order valence-electron chi connectivity index (χ2n) is 8.13. The molecule has 6 unspecified atom stereocenters. The van der Waals surface area contributed by atoms with Crippen LogP contribution in [0, 0.1) is 11.8 Å². The van der Waals surface area contributed by atoms with E-state index in [4.69, 9.17) is 4.74 Å². The summed E-state index contributed by atoms with van der Waals surface area (Å²) in [6, 6.07) is 0. The van der Waals surface area contributed by atoms with Crippen LogP contribution in [-0.2, 0) is 14.3 Å². The first-order valence-corrected chi connectivity index (χ1v) is 10.7. The minimum atomic E-state index is -0.344. The van der Waals surface area contributed by atoms with Gasteiger partial charge in [0.15, 0.2) is 0 Å². The van der Waals surface area contributed by atoms with Crippen molar-refractivity contribution in [2.45, 2.75) is 108 Å². The number of carbonyl (C=O) groups excluding carboxylic acids is 1. The summed E-state index contributed by atoms with van der Waals surface area (Å²) in [5, 5.41) is 20.7. The Morgan fingerprint density at radius 2 is 1.92 bits per heavy atom. The predicted octanol–water partition coefficient (Wildman–Crippen LogP) is 3.60. The summed E-state index contributed by atoms with van der Waals surface area (Å²) in [7, 11) is 1.43. The fourth-order valence-electron chi connectivity index (χ4n) is 4.55. The summed E-state index contributed by atoms with van der Waals surface area (Å²) in [4.78, 5) is 11.1. The van der Waals surface area contributed by atoms with E-state index < -0.39 is 0 Å². The Kier molecular flexibility index (Phi) is 9.37. The number of rotatable bonds is 13. The van der Waals surface area contributed by atoms with Crippen molar-refractivity contribution in [1.82, 2.24) is 0 Å². The molecule has 0 bridgehead atoms. The van der Waals surface area contributed by atoms with Crippen LogP contribution in [0.1, 0.15) is 84.0 Å². The molecular formula is C21H38O5. The van der Waals surface area contributed by atoms with Crippen LogP contribution < -0.4 is 0 Å². The minimum absolute atomic E-state index is 0.00953. The molecule has 0 aromatic carbocycles. The number of epoxide rings is 1. The molecule has 26 heavy (non-hydrogen) atoms.